The van der Waals surface area contributed by atoms with Gasteiger partial charge in [-0.15, -0.1) is 0 Å². The Morgan fingerprint density at radius 1 is 1.33 bits per heavy atom. The highest BCUT2D eigenvalue weighted by Gasteiger charge is 2.46. The number of likely N-dealkylation sites (tertiary alicyclic amines) is 1. The van der Waals surface area contributed by atoms with Crippen molar-refractivity contribution in [1.29, 1.82) is 0 Å². The number of aromatic nitrogens is 3. The fourth-order valence-corrected chi connectivity index (χ4v) is 4.30. The van der Waals surface area contributed by atoms with E-state index in [1.807, 2.05) is 6.92 Å². The summed E-state index contributed by atoms with van der Waals surface area (Å²) < 4.78 is 43.2. The van der Waals surface area contributed by atoms with Crippen molar-refractivity contribution in [3.63, 3.8) is 0 Å². The maximum Gasteiger partial charge on any atom is 0.410 e. The van der Waals surface area contributed by atoms with Crippen molar-refractivity contribution in [2.75, 3.05) is 11.9 Å². The lowest BCUT2D eigenvalue weighted by Gasteiger charge is -2.32. The normalized spacial score (nSPS) is 23.9. The molecule has 0 bridgehead atoms. The fraction of sp³-hybridized carbons (Fsp3) is 0.550. The van der Waals surface area contributed by atoms with Gasteiger partial charge in [-0.3, -0.25) is 9.59 Å². The number of carbonyl (C=O) groups is 1. The van der Waals surface area contributed by atoms with Crippen LogP contribution < -0.4 is 10.9 Å². The lowest BCUT2D eigenvalue weighted by atomic mass is 10.0. The molecule has 0 radical (unpaired) electrons. The molecular weight excluding hydrogens is 399 g/mol. The summed E-state index contributed by atoms with van der Waals surface area (Å²) in [5, 5.41) is 7.43. The average molecular weight is 423 g/mol. The largest absolute Gasteiger partial charge is 0.410 e. The molecule has 1 unspecified atom stereocenters. The van der Waals surface area contributed by atoms with Gasteiger partial charge in [0.1, 0.15) is 5.82 Å². The zero-order valence-corrected chi connectivity index (χ0v) is 16.8. The molecule has 0 spiro atoms. The SMILES string of the molecule is CC[C@@H]1C[C@H](C(F)(F)F)n2nc(C3CCCN3C(=O)c3ccc(=O)n(C)c3)cc2N1. The van der Waals surface area contributed by atoms with Crippen LogP contribution in [-0.2, 0) is 7.05 Å². The number of carbonyl (C=O) groups excluding carboxylic acids is 1. The quantitative estimate of drug-likeness (QED) is 0.823. The van der Waals surface area contributed by atoms with E-state index in [4.69, 9.17) is 0 Å². The van der Waals surface area contributed by atoms with Gasteiger partial charge in [0, 0.05) is 38.0 Å². The number of rotatable bonds is 3. The number of pyridine rings is 1. The maximum absolute atomic E-state index is 13.6. The van der Waals surface area contributed by atoms with Crippen LogP contribution in [0.1, 0.15) is 60.7 Å². The third kappa shape index (κ3) is 3.59. The molecule has 4 heterocycles. The minimum absolute atomic E-state index is 0.0700. The van der Waals surface area contributed by atoms with E-state index >= 15 is 0 Å². The summed E-state index contributed by atoms with van der Waals surface area (Å²) in [4.78, 5) is 26.3. The Hall–Kier alpha value is -2.78. The van der Waals surface area contributed by atoms with Gasteiger partial charge in [0.2, 0.25) is 5.56 Å². The Balaban J connectivity index is 1.65. The number of halogens is 3. The van der Waals surface area contributed by atoms with E-state index in [1.165, 1.54) is 22.9 Å². The molecule has 4 rings (SSSR count). The number of fused-ring (bicyclic) bond motifs is 1. The van der Waals surface area contributed by atoms with Crippen molar-refractivity contribution >= 4 is 11.7 Å². The van der Waals surface area contributed by atoms with Crippen LogP contribution in [0.5, 0.6) is 0 Å². The van der Waals surface area contributed by atoms with E-state index in [-0.39, 0.29) is 23.9 Å². The van der Waals surface area contributed by atoms with Gasteiger partial charge in [-0.25, -0.2) is 4.68 Å². The van der Waals surface area contributed by atoms with E-state index in [1.54, 1.807) is 18.0 Å². The molecule has 2 aliphatic rings. The summed E-state index contributed by atoms with van der Waals surface area (Å²) in [7, 11) is 1.57. The molecule has 30 heavy (non-hydrogen) atoms. The first kappa shape index (κ1) is 20.5. The van der Waals surface area contributed by atoms with Gasteiger partial charge in [-0.2, -0.15) is 18.3 Å². The maximum atomic E-state index is 13.6. The van der Waals surface area contributed by atoms with E-state index in [2.05, 4.69) is 10.4 Å². The number of nitrogens with zero attached hydrogens (tertiary/aromatic N) is 4. The Labute approximate surface area is 171 Å². The number of anilines is 1. The van der Waals surface area contributed by atoms with Crippen LogP contribution in [0.15, 0.2) is 29.2 Å². The molecule has 0 aliphatic carbocycles. The Morgan fingerprint density at radius 2 is 2.10 bits per heavy atom. The van der Waals surface area contributed by atoms with E-state index in [0.717, 1.165) is 11.1 Å². The highest BCUT2D eigenvalue weighted by molar-refractivity contribution is 5.94. The number of aryl methyl sites for hydroxylation is 1. The predicted octanol–water partition coefficient (Wildman–Crippen LogP) is 3.26. The summed E-state index contributed by atoms with van der Waals surface area (Å²) in [6.45, 7) is 2.34. The predicted molar refractivity (Wildman–Crippen MR) is 104 cm³/mol. The summed E-state index contributed by atoms with van der Waals surface area (Å²) in [5.74, 6) is 0.0812. The molecule has 162 valence electrons. The Morgan fingerprint density at radius 3 is 2.77 bits per heavy atom. The van der Waals surface area contributed by atoms with Gasteiger partial charge >= 0.3 is 6.18 Å². The number of alkyl halides is 3. The number of hydrogen-bond acceptors (Lipinski definition) is 4. The van der Waals surface area contributed by atoms with Crippen LogP contribution in [0, 0.1) is 0 Å². The van der Waals surface area contributed by atoms with Crippen LogP contribution in [0.4, 0.5) is 19.0 Å². The second-order valence-corrected chi connectivity index (χ2v) is 7.97. The smallest absolute Gasteiger partial charge is 0.367 e. The van der Waals surface area contributed by atoms with Crippen LogP contribution in [0.25, 0.3) is 0 Å². The van der Waals surface area contributed by atoms with E-state index in [9.17, 15) is 22.8 Å². The molecule has 0 aromatic carbocycles. The third-order valence-corrected chi connectivity index (χ3v) is 5.97. The van der Waals surface area contributed by atoms with Crippen LogP contribution in [0.2, 0.25) is 0 Å². The molecule has 2 aliphatic heterocycles. The first-order valence-electron chi connectivity index (χ1n) is 10.1. The molecule has 0 saturated carbocycles. The number of amides is 1. The summed E-state index contributed by atoms with van der Waals surface area (Å²) in [6, 6.07) is 2.09. The van der Waals surface area contributed by atoms with Crippen molar-refractivity contribution in [2.45, 2.75) is 56.9 Å². The van der Waals surface area contributed by atoms with Crippen molar-refractivity contribution in [2.24, 2.45) is 7.05 Å². The van der Waals surface area contributed by atoms with Crippen LogP contribution >= 0.6 is 0 Å². The number of nitrogens with one attached hydrogen (secondary N) is 1. The highest BCUT2D eigenvalue weighted by atomic mass is 19.4. The van der Waals surface area contributed by atoms with Gasteiger partial charge in [0.05, 0.1) is 17.3 Å². The molecule has 10 heteroatoms. The monoisotopic (exact) mass is 423 g/mol. The van der Waals surface area contributed by atoms with Crippen molar-refractivity contribution < 1.29 is 18.0 Å². The summed E-state index contributed by atoms with van der Waals surface area (Å²) in [6.07, 6.45) is -1.05. The minimum atomic E-state index is -4.40. The highest BCUT2D eigenvalue weighted by Crippen LogP contribution is 2.42. The van der Waals surface area contributed by atoms with Gasteiger partial charge in [0.25, 0.3) is 5.91 Å². The molecule has 1 N–H and O–H groups in total. The summed E-state index contributed by atoms with van der Waals surface area (Å²) in [5.41, 5.74) is 0.602. The molecule has 3 atom stereocenters. The van der Waals surface area contributed by atoms with E-state index in [0.29, 0.717) is 36.5 Å². The second-order valence-electron chi connectivity index (χ2n) is 7.97. The lowest BCUT2D eigenvalue weighted by molar-refractivity contribution is -0.173. The van der Waals surface area contributed by atoms with Crippen molar-refractivity contribution in [3.8, 4) is 0 Å². The topological polar surface area (TPSA) is 72.2 Å². The summed E-state index contributed by atoms with van der Waals surface area (Å²) >= 11 is 0. The molecule has 1 amide bonds. The fourth-order valence-electron chi connectivity index (χ4n) is 4.30. The standard InChI is InChI=1S/C20H24F3N5O2/c1-3-13-9-16(20(21,22)23)28-17(24-13)10-14(25-28)15-5-4-8-27(15)19(30)12-6-7-18(29)26(2)11-12/h6-7,10-11,13,15-16,24H,3-5,8-9H2,1-2H3/t13-,15?,16-/m1/s1. The van der Waals surface area contributed by atoms with Crippen LogP contribution in [0.3, 0.4) is 0 Å². The average Bonchev–Trinajstić information content (AvgIpc) is 3.34. The number of hydrogen-bond donors (Lipinski definition) is 1. The second kappa shape index (κ2) is 7.48. The van der Waals surface area contributed by atoms with Crippen molar-refractivity contribution in [3.05, 3.63) is 46.0 Å². The molecule has 2 aromatic rings. The molecule has 7 nitrogen and oxygen atoms in total. The first-order valence-corrected chi connectivity index (χ1v) is 10.1. The molecule has 2 aromatic heterocycles. The van der Waals surface area contributed by atoms with Gasteiger partial charge in [0.15, 0.2) is 6.04 Å². The Bertz CT molecular complexity index is 1010. The van der Waals surface area contributed by atoms with Crippen molar-refractivity contribution in [1.82, 2.24) is 19.2 Å². The van der Waals surface area contributed by atoms with Gasteiger partial charge in [-0.1, -0.05) is 6.92 Å². The van der Waals surface area contributed by atoms with Gasteiger partial charge in [-0.05, 0) is 31.7 Å². The molecular formula is C20H24F3N5O2. The minimum Gasteiger partial charge on any atom is -0.367 e. The zero-order valence-electron chi connectivity index (χ0n) is 16.8. The third-order valence-electron chi connectivity index (χ3n) is 5.97. The molecule has 1 fully saturated rings. The van der Waals surface area contributed by atoms with Crippen LogP contribution in [-0.4, -0.2) is 43.9 Å². The first-order chi connectivity index (χ1) is 14.2. The van der Waals surface area contributed by atoms with E-state index < -0.39 is 18.3 Å². The molecule has 1 saturated heterocycles. The Kier molecular flexibility index (Phi) is 5.11. The lowest BCUT2D eigenvalue weighted by Crippen LogP contribution is -2.39. The zero-order chi connectivity index (χ0) is 21.6. The van der Waals surface area contributed by atoms with Gasteiger partial charge < -0.3 is 14.8 Å².